The average Bonchev–Trinajstić information content (AvgIpc) is 2.84. The van der Waals surface area contributed by atoms with Gasteiger partial charge in [0.1, 0.15) is 11.5 Å². The SMILES string of the molecule is Cc1cc(O)c(C(O)=CC=C2C=CC=C2)cc1C. The molecule has 2 N–H and O–H groups in total. The highest BCUT2D eigenvalue weighted by atomic mass is 16.3. The van der Waals surface area contributed by atoms with Gasteiger partial charge in [0.15, 0.2) is 0 Å². The van der Waals surface area contributed by atoms with E-state index in [1.165, 1.54) is 0 Å². The number of rotatable bonds is 2. The molecule has 0 saturated heterocycles. The molecule has 1 aromatic carbocycles. The number of hydrogen-bond donors (Lipinski definition) is 2. The zero-order valence-corrected chi connectivity index (χ0v) is 10.5. The van der Waals surface area contributed by atoms with E-state index in [-0.39, 0.29) is 11.5 Å². The summed E-state index contributed by atoms with van der Waals surface area (Å²) in [7, 11) is 0. The second-order valence-corrected chi connectivity index (χ2v) is 4.39. The van der Waals surface area contributed by atoms with Gasteiger partial charge in [-0.25, -0.2) is 0 Å². The lowest BCUT2D eigenvalue weighted by Gasteiger charge is -2.07. The lowest BCUT2D eigenvalue weighted by molar-refractivity contribution is 0.460. The normalized spacial score (nSPS) is 14.3. The van der Waals surface area contributed by atoms with Crippen LogP contribution in [0.4, 0.5) is 0 Å². The predicted molar refractivity (Wildman–Crippen MR) is 74.5 cm³/mol. The zero-order valence-electron chi connectivity index (χ0n) is 10.5. The summed E-state index contributed by atoms with van der Waals surface area (Å²) in [6.07, 6.45) is 11.2. The summed E-state index contributed by atoms with van der Waals surface area (Å²) >= 11 is 0. The highest BCUT2D eigenvalue weighted by molar-refractivity contribution is 5.67. The monoisotopic (exact) mass is 240 g/mol. The molecule has 0 atom stereocenters. The van der Waals surface area contributed by atoms with Crippen LogP contribution in [0, 0.1) is 13.8 Å². The molecule has 0 fully saturated rings. The number of allylic oxidation sites excluding steroid dienone is 7. The molecular formula is C16H16O2. The van der Waals surface area contributed by atoms with E-state index in [0.717, 1.165) is 16.7 Å². The van der Waals surface area contributed by atoms with Crippen LogP contribution in [0.2, 0.25) is 0 Å². The zero-order chi connectivity index (χ0) is 13.1. The molecule has 0 unspecified atom stereocenters. The van der Waals surface area contributed by atoms with Gasteiger partial charge in [-0.1, -0.05) is 30.4 Å². The number of aryl methyl sites for hydroxylation is 2. The van der Waals surface area contributed by atoms with Crippen molar-refractivity contribution in [3.05, 3.63) is 70.9 Å². The Morgan fingerprint density at radius 2 is 1.67 bits per heavy atom. The van der Waals surface area contributed by atoms with Crippen LogP contribution in [-0.2, 0) is 0 Å². The van der Waals surface area contributed by atoms with Crippen molar-refractivity contribution in [1.29, 1.82) is 0 Å². The number of aliphatic hydroxyl groups is 1. The molecule has 0 heterocycles. The summed E-state index contributed by atoms with van der Waals surface area (Å²) in [5.74, 6) is 0.166. The van der Waals surface area contributed by atoms with Gasteiger partial charge in [-0.3, -0.25) is 0 Å². The molecular weight excluding hydrogens is 224 g/mol. The highest BCUT2D eigenvalue weighted by Crippen LogP contribution is 2.27. The fraction of sp³-hybridized carbons (Fsp3) is 0.125. The molecule has 0 spiro atoms. The highest BCUT2D eigenvalue weighted by Gasteiger charge is 2.07. The minimum atomic E-state index is 0.0665. The van der Waals surface area contributed by atoms with Gasteiger partial charge in [0, 0.05) is 0 Å². The molecule has 0 saturated carbocycles. The molecule has 0 amide bonds. The summed E-state index contributed by atoms with van der Waals surface area (Å²) in [6.45, 7) is 3.88. The van der Waals surface area contributed by atoms with Crippen LogP contribution in [-0.4, -0.2) is 10.2 Å². The molecule has 0 radical (unpaired) electrons. The summed E-state index contributed by atoms with van der Waals surface area (Å²) in [4.78, 5) is 0. The molecule has 0 aliphatic heterocycles. The maximum Gasteiger partial charge on any atom is 0.126 e. The summed E-state index contributed by atoms with van der Waals surface area (Å²) in [5, 5.41) is 19.8. The topological polar surface area (TPSA) is 40.5 Å². The van der Waals surface area contributed by atoms with E-state index in [9.17, 15) is 10.2 Å². The number of aliphatic hydroxyl groups excluding tert-OH is 1. The third-order valence-electron chi connectivity index (χ3n) is 3.01. The van der Waals surface area contributed by atoms with E-state index in [1.54, 1.807) is 18.2 Å². The quantitative estimate of drug-likeness (QED) is 0.768. The minimum absolute atomic E-state index is 0.0665. The van der Waals surface area contributed by atoms with Gasteiger partial charge in [0.2, 0.25) is 0 Å². The van der Waals surface area contributed by atoms with Gasteiger partial charge in [0.05, 0.1) is 5.56 Å². The third-order valence-corrected chi connectivity index (χ3v) is 3.01. The smallest absolute Gasteiger partial charge is 0.126 e. The van der Waals surface area contributed by atoms with E-state index in [0.29, 0.717) is 5.56 Å². The molecule has 2 rings (SSSR count). The van der Waals surface area contributed by atoms with Gasteiger partial charge in [0.25, 0.3) is 0 Å². The van der Waals surface area contributed by atoms with E-state index >= 15 is 0 Å². The van der Waals surface area contributed by atoms with E-state index in [1.807, 2.05) is 44.2 Å². The number of phenols is 1. The molecule has 92 valence electrons. The molecule has 0 bridgehead atoms. The molecule has 18 heavy (non-hydrogen) atoms. The maximum absolute atomic E-state index is 9.99. The molecule has 2 nitrogen and oxygen atoms in total. The van der Waals surface area contributed by atoms with E-state index < -0.39 is 0 Å². The maximum atomic E-state index is 9.99. The molecule has 1 aromatic rings. The fourth-order valence-electron chi connectivity index (χ4n) is 1.77. The van der Waals surface area contributed by atoms with Crippen molar-refractivity contribution < 1.29 is 10.2 Å². The largest absolute Gasteiger partial charge is 0.507 e. The van der Waals surface area contributed by atoms with Crippen molar-refractivity contribution in [2.75, 3.05) is 0 Å². The number of phenolic OH excluding ortho intramolecular Hbond substituents is 1. The van der Waals surface area contributed by atoms with Crippen LogP contribution in [0.15, 0.2) is 54.2 Å². The Hall–Kier alpha value is -2.22. The minimum Gasteiger partial charge on any atom is -0.507 e. The molecule has 1 aliphatic rings. The second-order valence-electron chi connectivity index (χ2n) is 4.39. The van der Waals surface area contributed by atoms with Crippen LogP contribution in [0.5, 0.6) is 5.75 Å². The van der Waals surface area contributed by atoms with Crippen molar-refractivity contribution >= 4 is 5.76 Å². The summed E-state index contributed by atoms with van der Waals surface area (Å²) in [5.41, 5.74) is 3.52. The lowest BCUT2D eigenvalue weighted by atomic mass is 10.0. The molecule has 2 heteroatoms. The summed E-state index contributed by atoms with van der Waals surface area (Å²) in [6, 6.07) is 3.45. The average molecular weight is 240 g/mol. The predicted octanol–water partition coefficient (Wildman–Crippen LogP) is 3.96. The van der Waals surface area contributed by atoms with Crippen molar-refractivity contribution in [2.24, 2.45) is 0 Å². The fourth-order valence-corrected chi connectivity index (χ4v) is 1.77. The third kappa shape index (κ3) is 2.54. The van der Waals surface area contributed by atoms with E-state index in [2.05, 4.69) is 0 Å². The van der Waals surface area contributed by atoms with Gasteiger partial charge < -0.3 is 10.2 Å². The number of benzene rings is 1. The first kappa shape index (κ1) is 12.2. The van der Waals surface area contributed by atoms with Crippen LogP contribution < -0.4 is 0 Å². The van der Waals surface area contributed by atoms with Gasteiger partial charge in [-0.15, -0.1) is 0 Å². The van der Waals surface area contributed by atoms with Crippen molar-refractivity contribution in [3.8, 4) is 5.75 Å². The Balaban J connectivity index is 2.34. The van der Waals surface area contributed by atoms with Crippen LogP contribution in [0.3, 0.4) is 0 Å². The first-order valence-corrected chi connectivity index (χ1v) is 5.84. The van der Waals surface area contributed by atoms with Crippen molar-refractivity contribution in [1.82, 2.24) is 0 Å². The van der Waals surface area contributed by atoms with Crippen molar-refractivity contribution in [3.63, 3.8) is 0 Å². The Bertz CT molecular complexity index is 573. The van der Waals surface area contributed by atoms with Crippen LogP contribution in [0.1, 0.15) is 16.7 Å². The van der Waals surface area contributed by atoms with Crippen LogP contribution in [0.25, 0.3) is 5.76 Å². The first-order valence-electron chi connectivity index (χ1n) is 5.84. The Kier molecular flexibility index (Phi) is 3.38. The first-order chi connectivity index (χ1) is 8.58. The van der Waals surface area contributed by atoms with Crippen molar-refractivity contribution in [2.45, 2.75) is 13.8 Å². The standard InChI is InChI=1S/C16H16O2/c1-11-9-14(16(18)10-12(11)2)15(17)8-7-13-5-3-4-6-13/h3-10,17-18H,1-2H3. The molecule has 1 aliphatic carbocycles. The Labute approximate surface area is 107 Å². The van der Waals surface area contributed by atoms with Gasteiger partial charge in [-0.2, -0.15) is 0 Å². The van der Waals surface area contributed by atoms with Gasteiger partial charge in [-0.05, 0) is 48.8 Å². The Morgan fingerprint density at radius 1 is 1.06 bits per heavy atom. The Morgan fingerprint density at radius 3 is 2.33 bits per heavy atom. The van der Waals surface area contributed by atoms with Gasteiger partial charge >= 0.3 is 0 Å². The number of aromatic hydroxyl groups is 1. The lowest BCUT2D eigenvalue weighted by Crippen LogP contribution is -1.88. The summed E-state index contributed by atoms with van der Waals surface area (Å²) < 4.78 is 0. The van der Waals surface area contributed by atoms with Crippen LogP contribution >= 0.6 is 0 Å². The number of hydrogen-bond acceptors (Lipinski definition) is 2. The van der Waals surface area contributed by atoms with E-state index in [4.69, 9.17) is 0 Å². The molecule has 0 aromatic heterocycles. The second kappa shape index (κ2) is 4.96.